The Balaban J connectivity index is 2.02. The molecule has 10 nitrogen and oxygen atoms in total. The van der Waals surface area contributed by atoms with Gasteiger partial charge in [0.1, 0.15) is 12.4 Å². The molecule has 1 aliphatic heterocycles. The molecule has 1 amide bonds. The van der Waals surface area contributed by atoms with Crippen LogP contribution < -0.4 is 15.6 Å². The van der Waals surface area contributed by atoms with E-state index < -0.39 is 24.2 Å². The summed E-state index contributed by atoms with van der Waals surface area (Å²) in [6, 6.07) is 13.7. The zero-order valence-electron chi connectivity index (χ0n) is 19.1. The van der Waals surface area contributed by atoms with E-state index in [9.17, 15) is 9.18 Å². The average Bonchev–Trinajstić information content (AvgIpc) is 3.26. The van der Waals surface area contributed by atoms with Gasteiger partial charge in [-0.25, -0.2) is 14.8 Å². The molecule has 0 aromatic heterocycles. The number of hydrazine groups is 1. The van der Waals surface area contributed by atoms with E-state index in [1.54, 1.807) is 54.6 Å². The van der Waals surface area contributed by atoms with Gasteiger partial charge in [-0.3, -0.25) is 10.2 Å². The fourth-order valence-corrected chi connectivity index (χ4v) is 3.66. The first-order valence-corrected chi connectivity index (χ1v) is 11.0. The van der Waals surface area contributed by atoms with Crippen molar-refractivity contribution < 1.29 is 23.8 Å². The van der Waals surface area contributed by atoms with E-state index in [-0.39, 0.29) is 25.5 Å². The number of azide groups is 1. The number of aliphatic imine (C=N–C) groups is 1. The molecule has 2 aromatic rings. The van der Waals surface area contributed by atoms with Crippen LogP contribution in [-0.4, -0.2) is 48.9 Å². The monoisotopic (exact) mass is 482 g/mol. The van der Waals surface area contributed by atoms with Crippen LogP contribution >= 0.6 is 0 Å². The zero-order chi connectivity index (χ0) is 25.1. The van der Waals surface area contributed by atoms with Gasteiger partial charge in [0.05, 0.1) is 6.61 Å². The second kappa shape index (κ2) is 12.5. The average molecular weight is 483 g/mol. The predicted octanol–water partition coefficient (Wildman–Crippen LogP) is 3.81. The van der Waals surface area contributed by atoms with Crippen molar-refractivity contribution in [2.45, 2.75) is 24.5 Å². The maximum Gasteiger partial charge on any atom is 0.266 e. The molecule has 0 aliphatic carbocycles. The molecule has 0 spiro atoms. The van der Waals surface area contributed by atoms with E-state index >= 15 is 0 Å². The summed E-state index contributed by atoms with van der Waals surface area (Å²) in [5.41, 5.74) is 13.9. The number of benzene rings is 2. The molecule has 3 rings (SSSR count). The molecule has 2 atom stereocenters. The van der Waals surface area contributed by atoms with Crippen LogP contribution in [0.3, 0.4) is 0 Å². The number of aliphatic hydroxyl groups excluding tert-OH is 1. The maximum atomic E-state index is 13.4. The summed E-state index contributed by atoms with van der Waals surface area (Å²) in [5, 5.41) is 12.7. The lowest BCUT2D eigenvalue weighted by Gasteiger charge is -2.30. The fraction of sp³-hybridized carbons (Fsp3) is 0.333. The molecule has 184 valence electrons. The van der Waals surface area contributed by atoms with Gasteiger partial charge in [-0.05, 0) is 29.8 Å². The number of hydrogen-bond donors (Lipinski definition) is 3. The van der Waals surface area contributed by atoms with Gasteiger partial charge in [0.25, 0.3) is 5.91 Å². The Labute approximate surface area is 202 Å². The highest BCUT2D eigenvalue weighted by Gasteiger charge is 2.53. The van der Waals surface area contributed by atoms with Gasteiger partial charge in [-0.15, -0.1) is 6.58 Å². The Kier molecular flexibility index (Phi) is 9.19. The van der Waals surface area contributed by atoms with E-state index in [1.165, 1.54) is 0 Å². The van der Waals surface area contributed by atoms with Crippen molar-refractivity contribution in [3.63, 3.8) is 0 Å². The third-order valence-corrected chi connectivity index (χ3v) is 5.28. The van der Waals surface area contributed by atoms with Gasteiger partial charge in [0.15, 0.2) is 11.6 Å². The number of alkyl halides is 1. The van der Waals surface area contributed by atoms with Crippen LogP contribution in [-0.2, 0) is 9.53 Å². The molecule has 0 saturated carbocycles. The number of carbonyl (C=O) groups is 1. The first kappa shape index (κ1) is 25.7. The SMILES string of the molecule is C=CC[C@]1(C(=O)NNCCF)N=C(c2ccc(OCCCO)cc2)O[C@H]1c1ccccc1N=[N+]=[N-]. The quantitative estimate of drug-likeness (QED) is 0.0994. The van der Waals surface area contributed by atoms with E-state index in [0.717, 1.165) is 0 Å². The Morgan fingerprint density at radius 3 is 2.80 bits per heavy atom. The first-order valence-electron chi connectivity index (χ1n) is 11.0. The minimum atomic E-state index is -1.50. The van der Waals surface area contributed by atoms with Crippen molar-refractivity contribution in [3.05, 3.63) is 82.8 Å². The first-order chi connectivity index (χ1) is 17.1. The van der Waals surface area contributed by atoms with Crippen LogP contribution in [0.1, 0.15) is 30.1 Å². The van der Waals surface area contributed by atoms with Crippen LogP contribution in [0.25, 0.3) is 10.4 Å². The molecule has 0 fully saturated rings. The standard InChI is InChI=1S/C24H27FN6O4/c1-2-12-24(23(33)30-27-14-13-25)21(19-6-3-4-7-20(19)29-31-26)35-22(28-24)17-8-10-18(11-9-17)34-16-5-15-32/h2-4,6-11,21,27,32H,1,5,12-16H2,(H,30,33)/t21-,24-/m0/s1. The van der Waals surface area contributed by atoms with E-state index in [4.69, 9.17) is 25.1 Å². The summed E-state index contributed by atoms with van der Waals surface area (Å²) in [6.07, 6.45) is 1.20. The number of ether oxygens (including phenoxy) is 2. The summed E-state index contributed by atoms with van der Waals surface area (Å²) < 4.78 is 24.4. The van der Waals surface area contributed by atoms with E-state index in [1.807, 2.05) is 0 Å². The smallest absolute Gasteiger partial charge is 0.266 e. The normalized spacial score (nSPS) is 18.7. The third-order valence-electron chi connectivity index (χ3n) is 5.28. The van der Waals surface area contributed by atoms with Crippen LogP contribution in [0.5, 0.6) is 5.75 Å². The second-order valence-corrected chi connectivity index (χ2v) is 7.60. The lowest BCUT2D eigenvalue weighted by atomic mass is 9.84. The molecule has 0 bridgehead atoms. The molecule has 11 heteroatoms. The predicted molar refractivity (Wildman–Crippen MR) is 129 cm³/mol. The molecule has 0 unspecified atom stereocenters. The molecule has 1 aliphatic rings. The van der Waals surface area contributed by atoms with Crippen LogP contribution in [0.2, 0.25) is 0 Å². The van der Waals surface area contributed by atoms with Gasteiger partial charge in [-0.1, -0.05) is 35.5 Å². The highest BCUT2D eigenvalue weighted by Crippen LogP contribution is 2.45. The summed E-state index contributed by atoms with van der Waals surface area (Å²) in [5.74, 6) is 0.261. The van der Waals surface area contributed by atoms with E-state index in [0.29, 0.717) is 35.6 Å². The van der Waals surface area contributed by atoms with Crippen molar-refractivity contribution in [3.8, 4) is 5.75 Å². The summed E-state index contributed by atoms with van der Waals surface area (Å²) in [7, 11) is 0. The van der Waals surface area contributed by atoms with Crippen molar-refractivity contribution in [2.75, 3.05) is 26.4 Å². The number of nitrogens with zero attached hydrogens (tertiary/aromatic N) is 4. The summed E-state index contributed by atoms with van der Waals surface area (Å²) in [4.78, 5) is 21.0. The van der Waals surface area contributed by atoms with Gasteiger partial charge in [0.2, 0.25) is 5.90 Å². The molecular weight excluding hydrogens is 455 g/mol. The fourth-order valence-electron chi connectivity index (χ4n) is 3.66. The summed E-state index contributed by atoms with van der Waals surface area (Å²) >= 11 is 0. The number of amides is 1. The Morgan fingerprint density at radius 1 is 1.34 bits per heavy atom. The number of nitrogens with one attached hydrogen (secondary N) is 2. The molecule has 2 aromatic carbocycles. The lowest BCUT2D eigenvalue weighted by molar-refractivity contribution is -0.129. The molecule has 0 saturated heterocycles. The largest absolute Gasteiger partial charge is 0.494 e. The van der Waals surface area contributed by atoms with Crippen molar-refractivity contribution in [2.24, 2.45) is 10.1 Å². The van der Waals surface area contributed by atoms with Crippen LogP contribution in [0.15, 0.2) is 71.3 Å². The van der Waals surface area contributed by atoms with Gasteiger partial charge < -0.3 is 14.6 Å². The van der Waals surface area contributed by atoms with Crippen LogP contribution in [0, 0.1) is 0 Å². The topological polar surface area (TPSA) is 141 Å². The number of hydrogen-bond acceptors (Lipinski definition) is 7. The van der Waals surface area contributed by atoms with Crippen LogP contribution in [0.4, 0.5) is 10.1 Å². The van der Waals surface area contributed by atoms with Gasteiger partial charge in [0, 0.05) is 47.7 Å². The highest BCUT2D eigenvalue weighted by atomic mass is 19.1. The number of halogens is 1. The Hall–Kier alpha value is -3.92. The number of rotatable bonds is 13. The maximum absolute atomic E-state index is 13.4. The lowest BCUT2D eigenvalue weighted by Crippen LogP contribution is -2.52. The number of aliphatic hydroxyl groups is 1. The highest BCUT2D eigenvalue weighted by molar-refractivity contribution is 6.01. The molecule has 3 N–H and O–H groups in total. The van der Waals surface area contributed by atoms with E-state index in [2.05, 4.69) is 27.5 Å². The zero-order valence-corrected chi connectivity index (χ0v) is 19.1. The second-order valence-electron chi connectivity index (χ2n) is 7.60. The van der Waals surface area contributed by atoms with Crippen molar-refractivity contribution >= 4 is 17.5 Å². The molecule has 0 radical (unpaired) electrons. The van der Waals surface area contributed by atoms with Crippen molar-refractivity contribution in [1.29, 1.82) is 0 Å². The summed E-state index contributed by atoms with van der Waals surface area (Å²) in [6.45, 7) is 3.44. The number of carbonyl (C=O) groups excluding carboxylic acids is 1. The van der Waals surface area contributed by atoms with Crippen molar-refractivity contribution in [1.82, 2.24) is 10.9 Å². The minimum Gasteiger partial charge on any atom is -0.494 e. The minimum absolute atomic E-state index is 0.0368. The molecule has 1 heterocycles. The third kappa shape index (κ3) is 5.96. The Bertz CT molecular complexity index is 1100. The Morgan fingerprint density at radius 2 is 2.11 bits per heavy atom. The molecular formula is C24H27FN6O4. The molecule has 35 heavy (non-hydrogen) atoms. The van der Waals surface area contributed by atoms with Gasteiger partial charge >= 0.3 is 0 Å². The van der Waals surface area contributed by atoms with Gasteiger partial charge in [-0.2, -0.15) is 0 Å².